The van der Waals surface area contributed by atoms with E-state index in [9.17, 15) is 9.18 Å². The van der Waals surface area contributed by atoms with Crippen molar-refractivity contribution >= 4 is 17.5 Å². The summed E-state index contributed by atoms with van der Waals surface area (Å²) in [6.07, 6.45) is 3.52. The van der Waals surface area contributed by atoms with E-state index in [0.717, 1.165) is 54.0 Å². The topological polar surface area (TPSA) is 54.5 Å². The van der Waals surface area contributed by atoms with Crippen molar-refractivity contribution < 1.29 is 13.9 Å². The lowest BCUT2D eigenvalue weighted by Crippen LogP contribution is -2.52. The maximum Gasteiger partial charge on any atom is 0.414 e. The highest BCUT2D eigenvalue weighted by atomic mass is 19.1. The third kappa shape index (κ3) is 3.30. The Hall–Kier alpha value is -3.41. The van der Waals surface area contributed by atoms with Gasteiger partial charge >= 0.3 is 6.09 Å². The highest BCUT2D eigenvalue weighted by Crippen LogP contribution is 2.53. The lowest BCUT2D eigenvalue weighted by Gasteiger charge is -2.48. The summed E-state index contributed by atoms with van der Waals surface area (Å²) in [5.41, 5.74) is 4.50. The normalized spacial score (nSPS) is 21.8. The molecular formula is C26H24FN3O2. The van der Waals surface area contributed by atoms with Crippen molar-refractivity contribution in [2.45, 2.75) is 49.8 Å². The van der Waals surface area contributed by atoms with Crippen LogP contribution in [0.4, 0.5) is 20.6 Å². The Morgan fingerprint density at radius 1 is 1.06 bits per heavy atom. The highest BCUT2D eigenvalue weighted by molar-refractivity contribution is 5.91. The number of hydrogen-bond acceptors (Lipinski definition) is 4. The van der Waals surface area contributed by atoms with Gasteiger partial charge in [-0.2, -0.15) is 0 Å². The predicted molar refractivity (Wildman–Crippen MR) is 120 cm³/mol. The van der Waals surface area contributed by atoms with Crippen LogP contribution in [0.2, 0.25) is 0 Å². The minimum Gasteiger partial charge on any atom is -0.444 e. The van der Waals surface area contributed by atoms with E-state index >= 15 is 0 Å². The number of carbonyl (C=O) groups excluding carboxylic acids is 1. The van der Waals surface area contributed by atoms with Crippen molar-refractivity contribution in [3.63, 3.8) is 0 Å². The van der Waals surface area contributed by atoms with E-state index in [2.05, 4.69) is 5.32 Å². The van der Waals surface area contributed by atoms with E-state index in [0.29, 0.717) is 5.92 Å². The number of aromatic nitrogens is 1. The first-order valence-corrected chi connectivity index (χ1v) is 11.2. The number of hydrogen-bond donors (Lipinski definition) is 1. The van der Waals surface area contributed by atoms with Gasteiger partial charge in [-0.3, -0.25) is 9.88 Å². The van der Waals surface area contributed by atoms with E-state index in [1.807, 2.05) is 42.5 Å². The highest BCUT2D eigenvalue weighted by Gasteiger charge is 2.50. The monoisotopic (exact) mass is 429 g/mol. The van der Waals surface area contributed by atoms with Crippen LogP contribution in [0.15, 0.2) is 66.7 Å². The Kier molecular flexibility index (Phi) is 4.42. The summed E-state index contributed by atoms with van der Waals surface area (Å²) in [6.45, 7) is 0.262. The van der Waals surface area contributed by atoms with Crippen molar-refractivity contribution in [2.75, 3.05) is 10.2 Å². The maximum absolute atomic E-state index is 13.3. The number of anilines is 2. The Morgan fingerprint density at radius 2 is 1.81 bits per heavy atom. The van der Waals surface area contributed by atoms with Gasteiger partial charge in [-0.25, -0.2) is 9.18 Å². The zero-order valence-electron chi connectivity index (χ0n) is 17.6. The van der Waals surface area contributed by atoms with Crippen LogP contribution in [-0.4, -0.2) is 17.1 Å². The Balaban J connectivity index is 1.23. The molecule has 1 aromatic heterocycles. The second-order valence-corrected chi connectivity index (χ2v) is 9.05. The molecule has 2 fully saturated rings. The molecule has 4 aliphatic rings. The van der Waals surface area contributed by atoms with Crippen molar-refractivity contribution in [3.05, 3.63) is 89.5 Å². The SMILES string of the molecule is O=C(OCc1ccccc1)N1c2ccc(C3(Nc4ccc(F)cc4)CC3)nc2C2CC1C2. The summed E-state index contributed by atoms with van der Waals surface area (Å²) in [4.78, 5) is 19.8. The minimum atomic E-state index is -0.307. The smallest absolute Gasteiger partial charge is 0.414 e. The first-order chi connectivity index (χ1) is 15.6. The first kappa shape index (κ1) is 19.3. The molecular weight excluding hydrogens is 405 g/mol. The van der Waals surface area contributed by atoms with E-state index < -0.39 is 0 Å². The van der Waals surface area contributed by atoms with Crippen molar-refractivity contribution in [1.82, 2.24) is 4.98 Å². The summed E-state index contributed by atoms with van der Waals surface area (Å²) in [5.74, 6) is 0.154. The average molecular weight is 429 g/mol. The molecule has 0 saturated heterocycles. The fourth-order valence-electron chi connectivity index (χ4n) is 4.87. The van der Waals surface area contributed by atoms with Gasteiger partial charge in [0.05, 0.1) is 22.6 Å². The number of nitrogens with zero attached hydrogens (tertiary/aromatic N) is 2. The molecule has 3 heterocycles. The van der Waals surface area contributed by atoms with E-state index in [4.69, 9.17) is 9.72 Å². The second-order valence-electron chi connectivity index (χ2n) is 9.05. The fraction of sp³-hybridized carbons (Fsp3) is 0.308. The third-order valence-electron chi connectivity index (χ3n) is 6.90. The zero-order chi connectivity index (χ0) is 21.7. The van der Waals surface area contributed by atoms with E-state index in [1.165, 1.54) is 12.1 Å². The Bertz CT molecular complexity index is 1160. The number of pyridine rings is 1. The molecule has 0 radical (unpaired) electrons. The van der Waals surface area contributed by atoms with Gasteiger partial charge in [0.2, 0.25) is 0 Å². The summed E-state index contributed by atoms with van der Waals surface area (Å²) in [6, 6.07) is 20.4. The van der Waals surface area contributed by atoms with Gasteiger partial charge in [-0.05, 0) is 67.6 Å². The van der Waals surface area contributed by atoms with Gasteiger partial charge < -0.3 is 10.1 Å². The number of ether oxygens (including phenoxy) is 1. The maximum atomic E-state index is 13.3. The number of halogens is 1. The molecule has 0 atom stereocenters. The van der Waals surface area contributed by atoms with Crippen LogP contribution in [0.5, 0.6) is 0 Å². The third-order valence-corrected chi connectivity index (χ3v) is 6.90. The summed E-state index contributed by atoms with van der Waals surface area (Å²) in [5, 5.41) is 3.55. The molecule has 6 heteroatoms. The molecule has 2 aliphatic heterocycles. The van der Waals surface area contributed by atoms with Gasteiger partial charge in [-0.1, -0.05) is 30.3 Å². The molecule has 1 N–H and O–H groups in total. The summed E-state index contributed by atoms with van der Waals surface area (Å²) in [7, 11) is 0. The van der Waals surface area contributed by atoms with Gasteiger partial charge in [0, 0.05) is 17.6 Å². The fourth-order valence-corrected chi connectivity index (χ4v) is 4.87. The van der Waals surface area contributed by atoms with Crippen molar-refractivity contribution in [3.8, 4) is 0 Å². The molecule has 1 amide bonds. The lowest BCUT2D eigenvalue weighted by atomic mass is 9.72. The van der Waals surface area contributed by atoms with Crippen LogP contribution in [-0.2, 0) is 16.9 Å². The van der Waals surface area contributed by atoms with Crippen LogP contribution >= 0.6 is 0 Å². The first-order valence-electron chi connectivity index (χ1n) is 11.2. The summed E-state index contributed by atoms with van der Waals surface area (Å²) < 4.78 is 18.9. The number of carbonyl (C=O) groups is 1. The molecule has 162 valence electrons. The van der Waals surface area contributed by atoms with Gasteiger partial charge in [0.25, 0.3) is 0 Å². The number of rotatable bonds is 5. The van der Waals surface area contributed by atoms with E-state index in [-0.39, 0.29) is 30.1 Å². The minimum absolute atomic E-state index is 0.190. The molecule has 2 bridgehead atoms. The molecule has 7 rings (SSSR count). The number of nitrogens with one attached hydrogen (secondary N) is 1. The quantitative estimate of drug-likeness (QED) is 0.563. The predicted octanol–water partition coefficient (Wildman–Crippen LogP) is 5.72. The Labute approximate surface area is 186 Å². The van der Waals surface area contributed by atoms with Crippen LogP contribution in [0.1, 0.15) is 48.6 Å². The number of amides is 1. The summed E-state index contributed by atoms with van der Waals surface area (Å²) >= 11 is 0. The van der Waals surface area contributed by atoms with Crippen LogP contribution < -0.4 is 10.2 Å². The van der Waals surface area contributed by atoms with E-state index in [1.54, 1.807) is 17.0 Å². The van der Waals surface area contributed by atoms with Crippen LogP contribution in [0.25, 0.3) is 0 Å². The van der Waals surface area contributed by atoms with Crippen LogP contribution in [0.3, 0.4) is 0 Å². The molecule has 0 unspecified atom stereocenters. The van der Waals surface area contributed by atoms with Crippen LogP contribution in [0, 0.1) is 5.82 Å². The Morgan fingerprint density at radius 3 is 2.53 bits per heavy atom. The molecule has 3 aromatic rings. The number of benzene rings is 2. The molecule has 2 aliphatic carbocycles. The molecule has 2 aromatic carbocycles. The molecule has 32 heavy (non-hydrogen) atoms. The average Bonchev–Trinajstić information content (AvgIpc) is 3.58. The molecule has 5 nitrogen and oxygen atoms in total. The van der Waals surface area contributed by atoms with Crippen molar-refractivity contribution in [1.29, 1.82) is 0 Å². The van der Waals surface area contributed by atoms with Gasteiger partial charge in [-0.15, -0.1) is 0 Å². The largest absolute Gasteiger partial charge is 0.444 e. The zero-order valence-corrected chi connectivity index (χ0v) is 17.6. The van der Waals surface area contributed by atoms with Gasteiger partial charge in [0.15, 0.2) is 0 Å². The second kappa shape index (κ2) is 7.33. The standard InChI is InChI=1S/C26H24FN3O2/c27-19-6-8-20(9-7-19)29-26(12-13-26)23-11-10-22-24(28-23)18-14-21(15-18)30(22)25(31)32-16-17-4-2-1-3-5-17/h1-11,18,21,29H,12-16H2. The van der Waals surface area contributed by atoms with Crippen molar-refractivity contribution in [2.24, 2.45) is 0 Å². The molecule has 2 saturated carbocycles. The lowest BCUT2D eigenvalue weighted by molar-refractivity contribution is 0.136. The van der Waals surface area contributed by atoms with Gasteiger partial charge in [0.1, 0.15) is 12.4 Å². The molecule has 0 spiro atoms.